The van der Waals surface area contributed by atoms with Gasteiger partial charge in [0.25, 0.3) is 11.6 Å². The lowest BCUT2D eigenvalue weighted by molar-refractivity contribution is -0.385. The van der Waals surface area contributed by atoms with Crippen molar-refractivity contribution in [2.45, 2.75) is 6.92 Å². The van der Waals surface area contributed by atoms with E-state index in [0.29, 0.717) is 0 Å². The fourth-order valence-corrected chi connectivity index (χ4v) is 1.95. The number of nitro benzene ring substituents is 1. The number of carbonyl (C=O) groups excluding carboxylic acids is 3. The summed E-state index contributed by atoms with van der Waals surface area (Å²) >= 11 is 0. The number of carbonyl (C=O) groups is 3. The minimum Gasteiger partial charge on any atom is -0.452 e. The second kappa shape index (κ2) is 6.20. The van der Waals surface area contributed by atoms with E-state index in [1.165, 1.54) is 25.1 Å². The molecule has 2 rings (SSSR count). The number of nitro groups is 1. The average molecular weight is 308 g/mol. The average Bonchev–Trinajstić information content (AvgIpc) is 2.90. The van der Waals surface area contributed by atoms with E-state index in [2.05, 4.69) is 4.74 Å². The van der Waals surface area contributed by atoms with E-state index < -0.39 is 29.5 Å². The zero-order valence-electron chi connectivity index (χ0n) is 11.6. The van der Waals surface area contributed by atoms with Gasteiger partial charge in [-0.3, -0.25) is 14.9 Å². The Morgan fingerprint density at radius 2 is 2.18 bits per heavy atom. The highest BCUT2D eigenvalue weighted by Gasteiger charge is 2.29. The summed E-state index contributed by atoms with van der Waals surface area (Å²) in [4.78, 5) is 45.8. The summed E-state index contributed by atoms with van der Waals surface area (Å²) in [7, 11) is 0. The number of ether oxygens (including phenoxy) is 2. The smallest absolute Gasteiger partial charge is 0.416 e. The molecule has 0 atom stereocenters. The maximum Gasteiger partial charge on any atom is 0.416 e. The maximum atomic E-state index is 11.9. The molecule has 9 heteroatoms. The third-order valence-electron chi connectivity index (χ3n) is 3.11. The van der Waals surface area contributed by atoms with Crippen molar-refractivity contribution in [3.63, 3.8) is 0 Å². The van der Waals surface area contributed by atoms with Gasteiger partial charge in [0.05, 0.1) is 17.0 Å². The highest BCUT2D eigenvalue weighted by Crippen LogP contribution is 2.21. The number of amides is 2. The van der Waals surface area contributed by atoms with Crippen molar-refractivity contribution in [2.75, 3.05) is 19.8 Å². The maximum absolute atomic E-state index is 11.9. The van der Waals surface area contributed by atoms with Crippen LogP contribution in [0.15, 0.2) is 18.2 Å². The highest BCUT2D eigenvalue weighted by atomic mass is 16.6. The van der Waals surface area contributed by atoms with Gasteiger partial charge < -0.3 is 9.47 Å². The van der Waals surface area contributed by atoms with Gasteiger partial charge in [0.1, 0.15) is 6.61 Å². The topological polar surface area (TPSA) is 116 Å². The van der Waals surface area contributed by atoms with Gasteiger partial charge in [0, 0.05) is 11.6 Å². The number of hydrogen-bond acceptors (Lipinski definition) is 7. The largest absolute Gasteiger partial charge is 0.452 e. The second-order valence-electron chi connectivity index (χ2n) is 4.44. The Labute approximate surface area is 124 Å². The molecule has 0 radical (unpaired) electrons. The van der Waals surface area contributed by atoms with Crippen LogP contribution in [0.3, 0.4) is 0 Å². The Balaban J connectivity index is 2.04. The van der Waals surface area contributed by atoms with Crippen LogP contribution >= 0.6 is 0 Å². The fourth-order valence-electron chi connectivity index (χ4n) is 1.95. The van der Waals surface area contributed by atoms with Gasteiger partial charge in [-0.25, -0.2) is 14.5 Å². The SMILES string of the molecule is Cc1c(C(=O)OCC(=O)N2CCOC2=O)cccc1[N+](=O)[O-]. The van der Waals surface area contributed by atoms with Gasteiger partial charge in [-0.2, -0.15) is 0 Å². The first-order valence-electron chi connectivity index (χ1n) is 6.30. The Hall–Kier alpha value is -2.97. The van der Waals surface area contributed by atoms with Crippen LogP contribution in [-0.2, 0) is 14.3 Å². The van der Waals surface area contributed by atoms with Crippen molar-refractivity contribution in [1.82, 2.24) is 4.90 Å². The van der Waals surface area contributed by atoms with Crippen LogP contribution in [0, 0.1) is 17.0 Å². The molecule has 9 nitrogen and oxygen atoms in total. The van der Waals surface area contributed by atoms with E-state index in [1.807, 2.05) is 0 Å². The van der Waals surface area contributed by atoms with Crippen LogP contribution in [0.25, 0.3) is 0 Å². The quantitative estimate of drug-likeness (QED) is 0.463. The van der Waals surface area contributed by atoms with E-state index in [1.54, 1.807) is 0 Å². The predicted octanol–water partition coefficient (Wildman–Crippen LogP) is 1.04. The molecule has 1 aromatic rings. The van der Waals surface area contributed by atoms with Crippen LogP contribution in [0.1, 0.15) is 15.9 Å². The molecule has 1 aliphatic heterocycles. The molecular formula is C13H12N2O7. The summed E-state index contributed by atoms with van der Waals surface area (Å²) in [5, 5.41) is 10.8. The minimum atomic E-state index is -0.873. The molecule has 2 amide bonds. The second-order valence-corrected chi connectivity index (χ2v) is 4.44. The molecule has 0 aliphatic carbocycles. The summed E-state index contributed by atoms with van der Waals surface area (Å²) in [6, 6.07) is 3.97. The Morgan fingerprint density at radius 1 is 1.45 bits per heavy atom. The number of nitrogens with zero attached hydrogens (tertiary/aromatic N) is 2. The number of benzene rings is 1. The van der Waals surface area contributed by atoms with Crippen LogP contribution in [0.4, 0.5) is 10.5 Å². The molecule has 1 aromatic carbocycles. The summed E-state index contributed by atoms with van der Waals surface area (Å²) in [5.41, 5.74) is -0.0829. The molecule has 1 saturated heterocycles. The third kappa shape index (κ3) is 3.03. The minimum absolute atomic E-state index is 0.00833. The molecule has 0 saturated carbocycles. The standard InChI is InChI=1S/C13H12N2O7/c1-8-9(3-2-4-10(8)15(19)20)12(17)22-7-11(16)14-5-6-21-13(14)18/h2-4H,5-7H2,1H3. The van der Waals surface area contributed by atoms with Crippen molar-refractivity contribution in [3.8, 4) is 0 Å². The van der Waals surface area contributed by atoms with E-state index in [4.69, 9.17) is 4.74 Å². The van der Waals surface area contributed by atoms with Crippen molar-refractivity contribution < 1.29 is 28.8 Å². The van der Waals surface area contributed by atoms with E-state index in [0.717, 1.165) is 4.90 Å². The van der Waals surface area contributed by atoms with Gasteiger partial charge >= 0.3 is 12.1 Å². The molecule has 116 valence electrons. The van der Waals surface area contributed by atoms with E-state index >= 15 is 0 Å². The van der Waals surface area contributed by atoms with Crippen molar-refractivity contribution in [1.29, 1.82) is 0 Å². The first-order valence-corrected chi connectivity index (χ1v) is 6.30. The van der Waals surface area contributed by atoms with Gasteiger partial charge in [0.2, 0.25) is 0 Å². The molecular weight excluding hydrogens is 296 g/mol. The molecule has 1 aliphatic rings. The molecule has 0 N–H and O–H groups in total. The molecule has 1 fully saturated rings. The Morgan fingerprint density at radius 3 is 2.77 bits per heavy atom. The molecule has 1 heterocycles. The van der Waals surface area contributed by atoms with Crippen LogP contribution in [-0.4, -0.2) is 47.6 Å². The van der Waals surface area contributed by atoms with Crippen LogP contribution in [0.5, 0.6) is 0 Å². The summed E-state index contributed by atoms with van der Waals surface area (Å²) in [5.74, 6) is -1.58. The van der Waals surface area contributed by atoms with Crippen molar-refractivity contribution >= 4 is 23.7 Å². The van der Waals surface area contributed by atoms with Gasteiger partial charge in [0.15, 0.2) is 6.61 Å². The number of esters is 1. The fraction of sp³-hybridized carbons (Fsp3) is 0.308. The summed E-state index contributed by atoms with van der Waals surface area (Å²) in [6.45, 7) is 0.970. The zero-order valence-corrected chi connectivity index (χ0v) is 11.6. The number of rotatable bonds is 4. The third-order valence-corrected chi connectivity index (χ3v) is 3.11. The predicted molar refractivity (Wildman–Crippen MR) is 71.2 cm³/mol. The monoisotopic (exact) mass is 308 g/mol. The normalized spacial score (nSPS) is 13.7. The Bertz CT molecular complexity index is 656. The number of cyclic esters (lactones) is 1. The van der Waals surface area contributed by atoms with Crippen molar-refractivity contribution in [2.24, 2.45) is 0 Å². The summed E-state index contributed by atoms with van der Waals surface area (Å²) in [6.07, 6.45) is -0.785. The molecule has 0 unspecified atom stereocenters. The lowest BCUT2D eigenvalue weighted by atomic mass is 10.1. The van der Waals surface area contributed by atoms with Crippen LogP contribution < -0.4 is 0 Å². The highest BCUT2D eigenvalue weighted by molar-refractivity contribution is 5.97. The first-order chi connectivity index (χ1) is 10.4. The first kappa shape index (κ1) is 15.4. The number of hydrogen-bond donors (Lipinski definition) is 0. The van der Waals surface area contributed by atoms with E-state index in [-0.39, 0.29) is 30.0 Å². The van der Waals surface area contributed by atoms with Gasteiger partial charge in [-0.1, -0.05) is 6.07 Å². The molecule has 0 aromatic heterocycles. The molecule has 22 heavy (non-hydrogen) atoms. The zero-order chi connectivity index (χ0) is 16.3. The molecule has 0 bridgehead atoms. The van der Waals surface area contributed by atoms with Gasteiger partial charge in [-0.15, -0.1) is 0 Å². The lowest BCUT2D eigenvalue weighted by Gasteiger charge is -2.11. The lowest BCUT2D eigenvalue weighted by Crippen LogP contribution is -2.35. The Kier molecular flexibility index (Phi) is 4.35. The van der Waals surface area contributed by atoms with Crippen molar-refractivity contribution in [3.05, 3.63) is 39.4 Å². The van der Waals surface area contributed by atoms with E-state index in [9.17, 15) is 24.5 Å². The summed E-state index contributed by atoms with van der Waals surface area (Å²) < 4.78 is 9.40. The number of imide groups is 1. The molecule has 0 spiro atoms. The van der Waals surface area contributed by atoms with Crippen LogP contribution in [0.2, 0.25) is 0 Å². The van der Waals surface area contributed by atoms with Gasteiger partial charge in [-0.05, 0) is 13.0 Å².